The van der Waals surface area contributed by atoms with E-state index in [9.17, 15) is 4.79 Å². The van der Waals surface area contributed by atoms with E-state index in [2.05, 4.69) is 10.6 Å². The normalized spacial score (nSPS) is 13.2. The van der Waals surface area contributed by atoms with Crippen LogP contribution >= 0.6 is 23.2 Å². The third-order valence-electron chi connectivity index (χ3n) is 3.14. The summed E-state index contributed by atoms with van der Waals surface area (Å²) in [6.45, 7) is 6.34. The highest BCUT2D eigenvalue weighted by molar-refractivity contribution is 6.42. The van der Waals surface area contributed by atoms with Gasteiger partial charge in [-0.15, -0.1) is 0 Å². The van der Waals surface area contributed by atoms with Crippen molar-refractivity contribution in [2.45, 2.75) is 26.8 Å². The minimum atomic E-state index is -0.478. The van der Waals surface area contributed by atoms with E-state index in [1.54, 1.807) is 13.1 Å². The molecule has 1 amide bonds. The summed E-state index contributed by atoms with van der Waals surface area (Å²) < 4.78 is 0. The van der Waals surface area contributed by atoms with Crippen molar-refractivity contribution in [3.63, 3.8) is 0 Å². The van der Waals surface area contributed by atoms with E-state index in [1.165, 1.54) is 0 Å². The van der Waals surface area contributed by atoms with Crippen LogP contribution in [0.2, 0.25) is 10.0 Å². The summed E-state index contributed by atoms with van der Waals surface area (Å²) >= 11 is 12.2. The van der Waals surface area contributed by atoms with Gasteiger partial charge in [0.05, 0.1) is 15.5 Å². The first-order chi connectivity index (χ1) is 8.79. The van der Waals surface area contributed by atoms with E-state index in [1.807, 2.05) is 32.9 Å². The molecule has 19 heavy (non-hydrogen) atoms. The van der Waals surface area contributed by atoms with E-state index >= 15 is 0 Å². The van der Waals surface area contributed by atoms with Gasteiger partial charge in [0, 0.05) is 19.6 Å². The molecule has 0 saturated carbocycles. The van der Waals surface area contributed by atoms with Gasteiger partial charge in [-0.25, -0.2) is 0 Å². The van der Waals surface area contributed by atoms with Crippen molar-refractivity contribution in [3.05, 3.63) is 33.8 Å². The van der Waals surface area contributed by atoms with Crippen LogP contribution in [-0.4, -0.2) is 19.5 Å². The Labute approximate surface area is 124 Å². The third kappa shape index (κ3) is 4.10. The van der Waals surface area contributed by atoms with Crippen LogP contribution in [0.25, 0.3) is 0 Å². The minimum absolute atomic E-state index is 0.00407. The van der Waals surface area contributed by atoms with Crippen molar-refractivity contribution in [3.8, 4) is 0 Å². The molecule has 0 spiro atoms. The molecule has 2 N–H and O–H groups in total. The Bertz CT molecular complexity index is 461. The van der Waals surface area contributed by atoms with Gasteiger partial charge >= 0.3 is 0 Å². The molecule has 3 nitrogen and oxygen atoms in total. The molecule has 1 rings (SSSR count). The van der Waals surface area contributed by atoms with Gasteiger partial charge in [0.25, 0.3) is 0 Å². The fraction of sp³-hybridized carbons (Fsp3) is 0.500. The van der Waals surface area contributed by atoms with Gasteiger partial charge in [-0.3, -0.25) is 4.79 Å². The van der Waals surface area contributed by atoms with Gasteiger partial charge in [-0.05, 0) is 32.4 Å². The van der Waals surface area contributed by atoms with Gasteiger partial charge in [-0.1, -0.05) is 35.3 Å². The summed E-state index contributed by atoms with van der Waals surface area (Å²) in [6, 6.07) is 5.58. The third-order valence-corrected chi connectivity index (χ3v) is 3.97. The zero-order valence-electron chi connectivity index (χ0n) is 11.7. The molecule has 1 aromatic carbocycles. The lowest BCUT2D eigenvalue weighted by Crippen LogP contribution is -2.42. The van der Waals surface area contributed by atoms with Crippen molar-refractivity contribution >= 4 is 29.1 Å². The molecule has 106 valence electrons. The molecule has 1 unspecified atom stereocenters. The Morgan fingerprint density at radius 2 is 2.00 bits per heavy atom. The fourth-order valence-corrected chi connectivity index (χ4v) is 2.26. The molecule has 0 bridgehead atoms. The summed E-state index contributed by atoms with van der Waals surface area (Å²) in [7, 11) is 1.64. The first kappa shape index (κ1) is 16.3. The highest BCUT2D eigenvalue weighted by atomic mass is 35.5. The predicted octanol–water partition coefficient (Wildman–Crippen LogP) is 3.42. The average Bonchev–Trinajstić information content (AvgIpc) is 2.38. The number of benzene rings is 1. The van der Waals surface area contributed by atoms with Gasteiger partial charge < -0.3 is 10.6 Å². The number of carbonyl (C=O) groups is 1. The average molecular weight is 303 g/mol. The highest BCUT2D eigenvalue weighted by Gasteiger charge is 2.27. The first-order valence-electron chi connectivity index (χ1n) is 6.19. The minimum Gasteiger partial charge on any atom is -0.359 e. The molecular formula is C14H20Cl2N2O. The molecule has 0 aliphatic heterocycles. The molecule has 0 aliphatic rings. The molecular weight excluding hydrogens is 283 g/mol. The summed E-state index contributed by atoms with van der Waals surface area (Å²) in [5.41, 5.74) is 0.454. The summed E-state index contributed by atoms with van der Waals surface area (Å²) in [5.74, 6) is 0.00407. The lowest BCUT2D eigenvalue weighted by atomic mass is 9.91. The van der Waals surface area contributed by atoms with Crippen LogP contribution in [0.1, 0.15) is 32.4 Å². The molecule has 0 radical (unpaired) electrons. The van der Waals surface area contributed by atoms with Crippen LogP contribution in [0.5, 0.6) is 0 Å². The topological polar surface area (TPSA) is 41.1 Å². The van der Waals surface area contributed by atoms with Gasteiger partial charge in [0.15, 0.2) is 0 Å². The Kier molecular flexibility index (Phi) is 5.65. The molecule has 5 heteroatoms. The van der Waals surface area contributed by atoms with Crippen LogP contribution < -0.4 is 10.6 Å². The Balaban J connectivity index is 2.73. The zero-order chi connectivity index (χ0) is 14.6. The molecule has 0 heterocycles. The molecule has 0 aliphatic carbocycles. The number of rotatable bonds is 5. The second kappa shape index (κ2) is 6.60. The number of halogens is 2. The van der Waals surface area contributed by atoms with E-state index < -0.39 is 5.41 Å². The number of hydrogen-bond acceptors (Lipinski definition) is 2. The SMILES string of the molecule is CNC(=O)C(C)(C)CNC(C)c1cccc(Cl)c1Cl. The van der Waals surface area contributed by atoms with Gasteiger partial charge in [0.1, 0.15) is 0 Å². The lowest BCUT2D eigenvalue weighted by Gasteiger charge is -2.26. The van der Waals surface area contributed by atoms with Crippen molar-refractivity contribution in [2.24, 2.45) is 5.41 Å². The van der Waals surface area contributed by atoms with Crippen molar-refractivity contribution < 1.29 is 4.79 Å². The molecule has 1 aromatic rings. The number of carbonyl (C=O) groups excluding carboxylic acids is 1. The second-order valence-corrected chi connectivity index (χ2v) is 5.99. The number of hydrogen-bond donors (Lipinski definition) is 2. The Hall–Kier alpha value is -0.770. The summed E-state index contributed by atoms with van der Waals surface area (Å²) in [4.78, 5) is 11.7. The number of amides is 1. The van der Waals surface area contributed by atoms with Crippen LogP contribution in [-0.2, 0) is 4.79 Å². The van der Waals surface area contributed by atoms with E-state index in [0.29, 0.717) is 16.6 Å². The van der Waals surface area contributed by atoms with Crippen molar-refractivity contribution in [1.82, 2.24) is 10.6 Å². The Morgan fingerprint density at radius 1 is 1.37 bits per heavy atom. The second-order valence-electron chi connectivity index (χ2n) is 5.21. The summed E-state index contributed by atoms with van der Waals surface area (Å²) in [5, 5.41) is 7.08. The van der Waals surface area contributed by atoms with Crippen LogP contribution in [0.3, 0.4) is 0 Å². The molecule has 0 fully saturated rings. The lowest BCUT2D eigenvalue weighted by molar-refractivity contribution is -0.128. The van der Waals surface area contributed by atoms with Crippen LogP contribution in [0.15, 0.2) is 18.2 Å². The number of nitrogens with one attached hydrogen (secondary N) is 2. The Morgan fingerprint density at radius 3 is 2.58 bits per heavy atom. The van der Waals surface area contributed by atoms with E-state index in [-0.39, 0.29) is 11.9 Å². The largest absolute Gasteiger partial charge is 0.359 e. The highest BCUT2D eigenvalue weighted by Crippen LogP contribution is 2.30. The van der Waals surface area contributed by atoms with E-state index in [4.69, 9.17) is 23.2 Å². The smallest absolute Gasteiger partial charge is 0.226 e. The van der Waals surface area contributed by atoms with Gasteiger partial charge in [-0.2, -0.15) is 0 Å². The molecule has 0 saturated heterocycles. The fourth-order valence-electron chi connectivity index (χ4n) is 1.79. The quantitative estimate of drug-likeness (QED) is 0.875. The maximum absolute atomic E-state index is 11.7. The standard InChI is InChI=1S/C14H20Cl2N2O/c1-9(10-6-5-7-11(15)12(10)16)18-8-14(2,3)13(19)17-4/h5-7,9,18H,8H2,1-4H3,(H,17,19). The van der Waals surface area contributed by atoms with Gasteiger partial charge in [0.2, 0.25) is 5.91 Å². The maximum atomic E-state index is 11.7. The molecule has 0 aromatic heterocycles. The summed E-state index contributed by atoms with van der Waals surface area (Å²) in [6.07, 6.45) is 0. The van der Waals surface area contributed by atoms with Crippen LogP contribution in [0, 0.1) is 5.41 Å². The zero-order valence-corrected chi connectivity index (χ0v) is 13.2. The molecule has 1 atom stereocenters. The monoisotopic (exact) mass is 302 g/mol. The van der Waals surface area contributed by atoms with Crippen molar-refractivity contribution in [1.29, 1.82) is 0 Å². The first-order valence-corrected chi connectivity index (χ1v) is 6.94. The van der Waals surface area contributed by atoms with Crippen LogP contribution in [0.4, 0.5) is 0 Å². The maximum Gasteiger partial charge on any atom is 0.226 e. The van der Waals surface area contributed by atoms with Crippen molar-refractivity contribution in [2.75, 3.05) is 13.6 Å². The predicted molar refractivity (Wildman–Crippen MR) is 80.7 cm³/mol. The van der Waals surface area contributed by atoms with E-state index in [0.717, 1.165) is 5.56 Å².